The molecule has 1 unspecified atom stereocenters. The molecule has 1 heteroatoms. The van der Waals surface area contributed by atoms with Gasteiger partial charge in [-0.15, -0.1) is 0 Å². The van der Waals surface area contributed by atoms with Gasteiger partial charge in [0, 0.05) is 6.04 Å². The molecule has 1 aliphatic carbocycles. The quantitative estimate of drug-likeness (QED) is 0.763. The van der Waals surface area contributed by atoms with E-state index in [0.717, 1.165) is 12.5 Å². The summed E-state index contributed by atoms with van der Waals surface area (Å²) >= 11 is 0. The smallest absolute Gasteiger partial charge is 0.0322 e. The van der Waals surface area contributed by atoms with E-state index in [0.29, 0.717) is 6.04 Å². The van der Waals surface area contributed by atoms with Crippen LogP contribution >= 0.6 is 0 Å². The van der Waals surface area contributed by atoms with E-state index in [-0.39, 0.29) is 0 Å². The first-order valence-corrected chi connectivity index (χ1v) is 6.59. The van der Waals surface area contributed by atoms with Gasteiger partial charge in [-0.3, -0.25) is 0 Å². The van der Waals surface area contributed by atoms with Crippen LogP contribution in [0, 0.1) is 12.8 Å². The molecule has 1 atom stereocenters. The van der Waals surface area contributed by atoms with Crippen LogP contribution in [0.5, 0.6) is 0 Å². The molecular weight excluding hydrogens is 194 g/mol. The van der Waals surface area contributed by atoms with Crippen LogP contribution in [-0.2, 0) is 0 Å². The molecule has 0 bridgehead atoms. The Bertz CT molecular complexity index is 311. The SMILES string of the molecule is CCCNC(CC1CC1)c1ccc(C)cc1. The van der Waals surface area contributed by atoms with Crippen LogP contribution in [-0.4, -0.2) is 6.54 Å². The minimum atomic E-state index is 0.577. The number of benzene rings is 1. The zero-order valence-corrected chi connectivity index (χ0v) is 10.5. The Morgan fingerprint density at radius 1 is 1.25 bits per heavy atom. The number of nitrogens with one attached hydrogen (secondary N) is 1. The third-order valence-corrected chi connectivity index (χ3v) is 3.39. The molecule has 0 amide bonds. The van der Waals surface area contributed by atoms with E-state index in [1.54, 1.807) is 0 Å². The summed E-state index contributed by atoms with van der Waals surface area (Å²) < 4.78 is 0. The van der Waals surface area contributed by atoms with Crippen molar-refractivity contribution in [2.24, 2.45) is 5.92 Å². The first kappa shape index (κ1) is 11.7. The third kappa shape index (κ3) is 3.34. The lowest BCUT2D eigenvalue weighted by molar-refractivity contribution is 0.474. The molecule has 1 nitrogen and oxygen atoms in total. The normalized spacial score (nSPS) is 17.4. The Kier molecular flexibility index (Phi) is 4.00. The van der Waals surface area contributed by atoms with Crippen molar-refractivity contribution in [3.63, 3.8) is 0 Å². The van der Waals surface area contributed by atoms with E-state index in [4.69, 9.17) is 0 Å². The topological polar surface area (TPSA) is 12.0 Å². The molecule has 2 rings (SSSR count). The van der Waals surface area contributed by atoms with E-state index < -0.39 is 0 Å². The van der Waals surface area contributed by atoms with E-state index in [2.05, 4.69) is 43.4 Å². The van der Waals surface area contributed by atoms with Crippen LogP contribution in [0.2, 0.25) is 0 Å². The highest BCUT2D eigenvalue weighted by Gasteiger charge is 2.25. The monoisotopic (exact) mass is 217 g/mol. The van der Waals surface area contributed by atoms with Gasteiger partial charge in [0.25, 0.3) is 0 Å². The minimum absolute atomic E-state index is 0.577. The van der Waals surface area contributed by atoms with Crippen LogP contribution < -0.4 is 5.32 Å². The molecule has 0 aromatic heterocycles. The Morgan fingerprint density at radius 2 is 1.94 bits per heavy atom. The van der Waals surface area contributed by atoms with Gasteiger partial charge in [-0.05, 0) is 37.8 Å². The molecular formula is C15H23N. The summed E-state index contributed by atoms with van der Waals surface area (Å²) in [5, 5.41) is 3.68. The molecule has 0 saturated heterocycles. The molecule has 1 saturated carbocycles. The molecule has 0 heterocycles. The predicted molar refractivity (Wildman–Crippen MR) is 69.6 cm³/mol. The predicted octanol–water partition coefficient (Wildman–Crippen LogP) is 3.84. The van der Waals surface area contributed by atoms with Crippen LogP contribution in [0.4, 0.5) is 0 Å². The van der Waals surface area contributed by atoms with Crippen molar-refractivity contribution in [1.29, 1.82) is 0 Å². The first-order chi connectivity index (χ1) is 7.79. The second-order valence-electron chi connectivity index (χ2n) is 5.10. The third-order valence-electron chi connectivity index (χ3n) is 3.39. The number of rotatable bonds is 6. The summed E-state index contributed by atoms with van der Waals surface area (Å²) in [6, 6.07) is 9.59. The van der Waals surface area contributed by atoms with E-state index >= 15 is 0 Å². The lowest BCUT2D eigenvalue weighted by Gasteiger charge is -2.19. The second-order valence-corrected chi connectivity index (χ2v) is 5.10. The van der Waals surface area contributed by atoms with Crippen molar-refractivity contribution < 1.29 is 0 Å². The summed E-state index contributed by atoms with van der Waals surface area (Å²) in [5.41, 5.74) is 2.82. The first-order valence-electron chi connectivity index (χ1n) is 6.59. The fourth-order valence-corrected chi connectivity index (χ4v) is 2.14. The number of hydrogen-bond acceptors (Lipinski definition) is 1. The molecule has 88 valence electrons. The molecule has 1 N–H and O–H groups in total. The van der Waals surface area contributed by atoms with Crippen LogP contribution in [0.1, 0.15) is 49.8 Å². The van der Waals surface area contributed by atoms with E-state index in [9.17, 15) is 0 Å². The molecule has 0 spiro atoms. The minimum Gasteiger partial charge on any atom is -0.310 e. The Morgan fingerprint density at radius 3 is 2.50 bits per heavy atom. The van der Waals surface area contributed by atoms with E-state index in [1.807, 2.05) is 0 Å². The second kappa shape index (κ2) is 5.49. The van der Waals surface area contributed by atoms with Gasteiger partial charge in [0.15, 0.2) is 0 Å². The summed E-state index contributed by atoms with van der Waals surface area (Å²) in [6.45, 7) is 5.51. The molecule has 0 aliphatic heterocycles. The highest BCUT2D eigenvalue weighted by atomic mass is 14.9. The fourth-order valence-electron chi connectivity index (χ4n) is 2.14. The number of aryl methyl sites for hydroxylation is 1. The molecule has 1 fully saturated rings. The zero-order valence-electron chi connectivity index (χ0n) is 10.5. The molecule has 16 heavy (non-hydrogen) atoms. The largest absolute Gasteiger partial charge is 0.310 e. The zero-order chi connectivity index (χ0) is 11.4. The van der Waals surface area contributed by atoms with Crippen molar-refractivity contribution in [2.45, 2.75) is 45.6 Å². The maximum atomic E-state index is 3.68. The van der Waals surface area contributed by atoms with Gasteiger partial charge in [-0.25, -0.2) is 0 Å². The summed E-state index contributed by atoms with van der Waals surface area (Å²) in [5.74, 6) is 0.982. The summed E-state index contributed by atoms with van der Waals surface area (Å²) in [7, 11) is 0. The Balaban J connectivity index is 2.00. The van der Waals surface area contributed by atoms with Crippen LogP contribution in [0.3, 0.4) is 0 Å². The van der Waals surface area contributed by atoms with Gasteiger partial charge >= 0.3 is 0 Å². The van der Waals surface area contributed by atoms with E-state index in [1.165, 1.54) is 36.8 Å². The van der Waals surface area contributed by atoms with Gasteiger partial charge in [-0.1, -0.05) is 49.6 Å². The van der Waals surface area contributed by atoms with Gasteiger partial charge in [0.05, 0.1) is 0 Å². The highest BCUT2D eigenvalue weighted by molar-refractivity contribution is 5.24. The average molecular weight is 217 g/mol. The lowest BCUT2D eigenvalue weighted by atomic mass is 10.00. The maximum Gasteiger partial charge on any atom is 0.0322 e. The fraction of sp³-hybridized carbons (Fsp3) is 0.600. The molecule has 1 aromatic rings. The standard InChI is InChI=1S/C15H23N/c1-3-10-16-15(11-13-6-7-13)14-8-4-12(2)5-9-14/h4-5,8-9,13,15-16H,3,6-7,10-11H2,1-2H3. The lowest BCUT2D eigenvalue weighted by Crippen LogP contribution is -2.22. The van der Waals surface area contributed by atoms with Gasteiger partial charge in [0.1, 0.15) is 0 Å². The van der Waals surface area contributed by atoms with Crippen molar-refractivity contribution in [1.82, 2.24) is 5.32 Å². The number of hydrogen-bond donors (Lipinski definition) is 1. The van der Waals surface area contributed by atoms with Gasteiger partial charge in [0.2, 0.25) is 0 Å². The van der Waals surface area contributed by atoms with Crippen molar-refractivity contribution >= 4 is 0 Å². The average Bonchev–Trinajstić information content (AvgIpc) is 3.09. The maximum absolute atomic E-state index is 3.68. The van der Waals surface area contributed by atoms with Crippen LogP contribution in [0.25, 0.3) is 0 Å². The summed E-state index contributed by atoms with van der Waals surface area (Å²) in [6.07, 6.45) is 5.42. The summed E-state index contributed by atoms with van der Waals surface area (Å²) in [4.78, 5) is 0. The Hall–Kier alpha value is -0.820. The molecule has 1 aliphatic rings. The van der Waals surface area contributed by atoms with Crippen molar-refractivity contribution in [2.75, 3.05) is 6.54 Å². The van der Waals surface area contributed by atoms with Gasteiger partial charge in [-0.2, -0.15) is 0 Å². The van der Waals surface area contributed by atoms with Crippen LogP contribution in [0.15, 0.2) is 24.3 Å². The highest BCUT2D eigenvalue weighted by Crippen LogP contribution is 2.37. The Labute approximate surface area is 99.3 Å². The molecule has 0 radical (unpaired) electrons. The van der Waals surface area contributed by atoms with Gasteiger partial charge < -0.3 is 5.32 Å². The molecule has 1 aromatic carbocycles. The van der Waals surface area contributed by atoms with Crippen molar-refractivity contribution in [3.8, 4) is 0 Å². The van der Waals surface area contributed by atoms with Crippen molar-refractivity contribution in [3.05, 3.63) is 35.4 Å².